The van der Waals surface area contributed by atoms with Crippen molar-refractivity contribution >= 4 is 11.8 Å². The molecule has 1 aliphatic carbocycles. The molecule has 2 fully saturated rings. The van der Waals surface area contributed by atoms with Crippen molar-refractivity contribution in [3.63, 3.8) is 0 Å². The first-order valence-electron chi connectivity index (χ1n) is 6.92. The van der Waals surface area contributed by atoms with E-state index in [0.717, 1.165) is 12.8 Å². The van der Waals surface area contributed by atoms with Crippen LogP contribution in [0.5, 0.6) is 0 Å². The zero-order chi connectivity index (χ0) is 13.7. The van der Waals surface area contributed by atoms with E-state index in [4.69, 9.17) is 0 Å². The van der Waals surface area contributed by atoms with Crippen LogP contribution in [0.3, 0.4) is 0 Å². The Bertz CT molecular complexity index is 378. The van der Waals surface area contributed by atoms with Crippen LogP contribution in [0.25, 0.3) is 0 Å². The Morgan fingerprint density at radius 3 is 2.44 bits per heavy atom. The van der Waals surface area contributed by atoms with Gasteiger partial charge in [-0.3, -0.25) is 9.59 Å². The largest absolute Gasteiger partial charge is 0.342 e. The van der Waals surface area contributed by atoms with Crippen molar-refractivity contribution in [3.8, 4) is 0 Å². The summed E-state index contributed by atoms with van der Waals surface area (Å²) in [6, 6.07) is -0.433. The van der Waals surface area contributed by atoms with Gasteiger partial charge in [-0.2, -0.15) is 0 Å². The highest BCUT2D eigenvalue weighted by Gasteiger charge is 2.55. The molecule has 1 aliphatic heterocycles. The van der Waals surface area contributed by atoms with Crippen LogP contribution < -0.4 is 5.32 Å². The maximum Gasteiger partial charge on any atom is 0.246 e. The van der Waals surface area contributed by atoms with Gasteiger partial charge in [-0.15, -0.1) is 0 Å². The van der Waals surface area contributed by atoms with Crippen LogP contribution in [0.2, 0.25) is 0 Å². The topological polar surface area (TPSA) is 49.4 Å². The second-order valence-corrected chi connectivity index (χ2v) is 6.50. The summed E-state index contributed by atoms with van der Waals surface area (Å²) in [5.74, 6) is 0.285. The number of hydrogen-bond donors (Lipinski definition) is 1. The van der Waals surface area contributed by atoms with Gasteiger partial charge in [0.15, 0.2) is 0 Å². The molecule has 0 aromatic carbocycles. The minimum absolute atomic E-state index is 0.0115. The smallest absolute Gasteiger partial charge is 0.246 e. The van der Waals surface area contributed by atoms with Crippen LogP contribution in [0.4, 0.5) is 0 Å². The van der Waals surface area contributed by atoms with Gasteiger partial charge in [-0.1, -0.05) is 34.1 Å². The highest BCUT2D eigenvalue weighted by atomic mass is 16.2. The predicted octanol–water partition coefficient (Wildman–Crippen LogP) is 1.55. The first kappa shape index (κ1) is 13.4. The SMILES string of the molecule is CCC(C)C1NC(=O)C(C)N(C2CC2(C)C)C1=O. The number of amides is 2. The standard InChI is InChI=1S/C14H24N2O2/c1-6-8(2)11-13(18)16(9(3)12(17)15-11)10-7-14(10,4)5/h8-11H,6-7H2,1-5H3,(H,15,17). The van der Waals surface area contributed by atoms with Gasteiger partial charge < -0.3 is 10.2 Å². The molecule has 1 saturated carbocycles. The molecule has 4 heteroatoms. The van der Waals surface area contributed by atoms with Crippen molar-refractivity contribution in [1.82, 2.24) is 10.2 Å². The van der Waals surface area contributed by atoms with Gasteiger partial charge in [-0.05, 0) is 24.7 Å². The van der Waals surface area contributed by atoms with Gasteiger partial charge in [-0.25, -0.2) is 0 Å². The molecule has 102 valence electrons. The third kappa shape index (κ3) is 2.02. The predicted molar refractivity (Wildman–Crippen MR) is 69.9 cm³/mol. The van der Waals surface area contributed by atoms with E-state index in [1.54, 1.807) is 0 Å². The Morgan fingerprint density at radius 1 is 1.44 bits per heavy atom. The molecule has 0 aromatic heterocycles. The van der Waals surface area contributed by atoms with Gasteiger partial charge in [0.2, 0.25) is 11.8 Å². The summed E-state index contributed by atoms with van der Waals surface area (Å²) < 4.78 is 0. The van der Waals surface area contributed by atoms with Crippen LogP contribution in [-0.4, -0.2) is 34.8 Å². The Morgan fingerprint density at radius 2 is 2.00 bits per heavy atom. The molecule has 1 heterocycles. The minimum Gasteiger partial charge on any atom is -0.342 e. The molecular formula is C14H24N2O2. The summed E-state index contributed by atoms with van der Waals surface area (Å²) in [4.78, 5) is 26.4. The zero-order valence-electron chi connectivity index (χ0n) is 12.0. The number of piperazine rings is 1. The molecule has 4 atom stereocenters. The molecule has 0 aromatic rings. The second-order valence-electron chi connectivity index (χ2n) is 6.50. The average Bonchev–Trinajstić information content (AvgIpc) is 2.92. The molecule has 4 unspecified atom stereocenters. The molecule has 18 heavy (non-hydrogen) atoms. The Labute approximate surface area is 109 Å². The third-order valence-electron chi connectivity index (χ3n) is 4.63. The second kappa shape index (κ2) is 4.25. The molecule has 4 nitrogen and oxygen atoms in total. The van der Waals surface area contributed by atoms with E-state index in [1.807, 2.05) is 25.7 Å². The van der Waals surface area contributed by atoms with Gasteiger partial charge in [0.05, 0.1) is 0 Å². The number of rotatable bonds is 3. The van der Waals surface area contributed by atoms with Crippen LogP contribution in [-0.2, 0) is 9.59 Å². The molecule has 1 N–H and O–H groups in total. The quantitative estimate of drug-likeness (QED) is 0.828. The molecule has 0 bridgehead atoms. The van der Waals surface area contributed by atoms with Crippen LogP contribution >= 0.6 is 0 Å². The summed E-state index contributed by atoms with van der Waals surface area (Å²) in [5, 5.41) is 2.88. The summed E-state index contributed by atoms with van der Waals surface area (Å²) >= 11 is 0. The molecule has 2 aliphatic rings. The lowest BCUT2D eigenvalue weighted by Gasteiger charge is -2.40. The highest BCUT2D eigenvalue weighted by molar-refractivity contribution is 5.97. The normalized spacial score (nSPS) is 36.3. The van der Waals surface area contributed by atoms with Crippen molar-refractivity contribution in [2.24, 2.45) is 11.3 Å². The van der Waals surface area contributed by atoms with Gasteiger partial charge >= 0.3 is 0 Å². The maximum atomic E-state index is 12.6. The first-order chi connectivity index (χ1) is 8.29. The van der Waals surface area contributed by atoms with E-state index < -0.39 is 0 Å². The van der Waals surface area contributed by atoms with Crippen LogP contribution in [0.1, 0.15) is 47.5 Å². The van der Waals surface area contributed by atoms with E-state index in [9.17, 15) is 9.59 Å². The zero-order valence-corrected chi connectivity index (χ0v) is 12.0. The number of carbonyl (C=O) groups excluding carboxylic acids is 2. The number of hydrogen-bond acceptors (Lipinski definition) is 2. The number of nitrogens with one attached hydrogen (secondary N) is 1. The Kier molecular flexibility index (Phi) is 3.16. The lowest BCUT2D eigenvalue weighted by atomic mass is 9.94. The molecule has 0 radical (unpaired) electrons. The van der Waals surface area contributed by atoms with E-state index in [2.05, 4.69) is 19.2 Å². The summed E-state index contributed by atoms with van der Waals surface area (Å²) in [7, 11) is 0. The first-order valence-corrected chi connectivity index (χ1v) is 6.92. The Hall–Kier alpha value is -1.06. The Balaban J connectivity index is 2.21. The van der Waals surface area contributed by atoms with E-state index in [-0.39, 0.29) is 41.3 Å². The fourth-order valence-electron chi connectivity index (χ4n) is 2.77. The fourth-order valence-corrected chi connectivity index (χ4v) is 2.77. The van der Waals surface area contributed by atoms with E-state index in [1.165, 1.54) is 0 Å². The monoisotopic (exact) mass is 252 g/mol. The van der Waals surface area contributed by atoms with E-state index >= 15 is 0 Å². The summed E-state index contributed by atoms with van der Waals surface area (Å²) in [6.45, 7) is 10.2. The highest BCUT2D eigenvalue weighted by Crippen LogP contribution is 2.50. The summed E-state index contributed by atoms with van der Waals surface area (Å²) in [5.41, 5.74) is 0.168. The van der Waals surface area contributed by atoms with Crippen molar-refractivity contribution in [2.45, 2.75) is 65.6 Å². The molecule has 2 rings (SSSR count). The van der Waals surface area contributed by atoms with Crippen LogP contribution in [0.15, 0.2) is 0 Å². The molecule has 0 spiro atoms. The maximum absolute atomic E-state index is 12.6. The molecular weight excluding hydrogens is 228 g/mol. The average molecular weight is 252 g/mol. The lowest BCUT2D eigenvalue weighted by Crippen LogP contribution is -2.65. The van der Waals surface area contributed by atoms with Gasteiger partial charge in [0, 0.05) is 6.04 Å². The van der Waals surface area contributed by atoms with Gasteiger partial charge in [0.1, 0.15) is 12.1 Å². The molecule has 2 amide bonds. The van der Waals surface area contributed by atoms with Crippen molar-refractivity contribution < 1.29 is 9.59 Å². The third-order valence-corrected chi connectivity index (χ3v) is 4.63. The summed E-state index contributed by atoms with van der Waals surface area (Å²) in [6.07, 6.45) is 1.90. The number of carbonyl (C=O) groups is 2. The van der Waals surface area contributed by atoms with Crippen LogP contribution in [0, 0.1) is 11.3 Å². The number of nitrogens with zero attached hydrogens (tertiary/aromatic N) is 1. The van der Waals surface area contributed by atoms with Crippen molar-refractivity contribution in [1.29, 1.82) is 0 Å². The fraction of sp³-hybridized carbons (Fsp3) is 0.857. The minimum atomic E-state index is -0.338. The van der Waals surface area contributed by atoms with Gasteiger partial charge in [0.25, 0.3) is 0 Å². The van der Waals surface area contributed by atoms with E-state index in [0.29, 0.717) is 0 Å². The molecule has 1 saturated heterocycles. The lowest BCUT2D eigenvalue weighted by molar-refractivity contribution is -0.151. The van der Waals surface area contributed by atoms with Crippen molar-refractivity contribution in [2.75, 3.05) is 0 Å². The van der Waals surface area contributed by atoms with Crippen molar-refractivity contribution in [3.05, 3.63) is 0 Å².